The van der Waals surface area contributed by atoms with E-state index in [0.29, 0.717) is 5.56 Å². The van der Waals surface area contributed by atoms with Crippen LogP contribution in [0.2, 0.25) is 0 Å². The van der Waals surface area contributed by atoms with E-state index in [1.54, 1.807) is 6.92 Å². The van der Waals surface area contributed by atoms with Crippen LogP contribution in [0.15, 0.2) is 12.1 Å². The van der Waals surface area contributed by atoms with Gasteiger partial charge in [0.1, 0.15) is 11.1 Å². The van der Waals surface area contributed by atoms with E-state index in [0.717, 1.165) is 51.4 Å². The number of carbonyl (C=O) groups excluding carboxylic acids is 4. The van der Waals surface area contributed by atoms with Crippen molar-refractivity contribution < 1.29 is 38.1 Å². The molecular formula is C35H49N5O8. The van der Waals surface area contributed by atoms with Crippen molar-refractivity contribution in [3.63, 3.8) is 0 Å². The number of nitrogens with two attached hydrogens (primary N) is 5. The van der Waals surface area contributed by atoms with Gasteiger partial charge in [-0.2, -0.15) is 0 Å². The second kappa shape index (κ2) is 14.2. The highest BCUT2D eigenvalue weighted by Crippen LogP contribution is 2.45. The van der Waals surface area contributed by atoms with E-state index in [1.165, 1.54) is 12.1 Å². The fourth-order valence-corrected chi connectivity index (χ4v) is 6.76. The number of ether oxygens (including phenoxy) is 4. The van der Waals surface area contributed by atoms with Gasteiger partial charge in [-0.15, -0.1) is 0 Å². The van der Waals surface area contributed by atoms with Crippen molar-refractivity contribution in [2.45, 2.75) is 86.0 Å². The molecule has 2 aromatic rings. The SMILES string of the molecule is Cc1cc(N)c(OC(=O)C(=O)Oc2c(N)cc(N)c(N)c2C(=O)OCC(C)C2(C)CCCC2)c(C(=O)OCC(C)C2(C)CCCC2)c1N. The average Bonchev–Trinajstić information content (AvgIpc) is 3.69. The van der Waals surface area contributed by atoms with Crippen LogP contribution in [0.4, 0.5) is 28.4 Å². The van der Waals surface area contributed by atoms with Crippen molar-refractivity contribution in [2.75, 3.05) is 41.9 Å². The molecule has 0 aliphatic heterocycles. The highest BCUT2D eigenvalue weighted by atomic mass is 16.6. The number of nitrogen functional groups attached to an aromatic ring is 5. The van der Waals surface area contributed by atoms with Crippen molar-refractivity contribution in [1.82, 2.24) is 0 Å². The summed E-state index contributed by atoms with van der Waals surface area (Å²) in [7, 11) is 0. The smallest absolute Gasteiger partial charge is 0.423 e. The summed E-state index contributed by atoms with van der Waals surface area (Å²) in [4.78, 5) is 52.9. The predicted octanol–water partition coefficient (Wildman–Crippen LogP) is 5.16. The second-order valence-corrected chi connectivity index (χ2v) is 14.1. The van der Waals surface area contributed by atoms with Gasteiger partial charge in [0.25, 0.3) is 0 Å². The first-order valence-electron chi connectivity index (χ1n) is 16.4. The fourth-order valence-electron chi connectivity index (χ4n) is 6.76. The summed E-state index contributed by atoms with van der Waals surface area (Å²) in [5.41, 5.74) is 29.5. The third-order valence-corrected chi connectivity index (χ3v) is 10.7. The number of hydrogen-bond donors (Lipinski definition) is 5. The first-order valence-corrected chi connectivity index (χ1v) is 16.4. The first-order chi connectivity index (χ1) is 22.5. The minimum absolute atomic E-state index is 0.0124. The monoisotopic (exact) mass is 667 g/mol. The maximum absolute atomic E-state index is 13.3. The van der Waals surface area contributed by atoms with Gasteiger partial charge in [0, 0.05) is 0 Å². The van der Waals surface area contributed by atoms with E-state index in [-0.39, 0.29) is 69.9 Å². The van der Waals surface area contributed by atoms with Crippen LogP contribution in [0.5, 0.6) is 11.5 Å². The van der Waals surface area contributed by atoms with E-state index >= 15 is 0 Å². The number of carbonyl (C=O) groups is 4. The molecule has 2 aliphatic rings. The van der Waals surface area contributed by atoms with Crippen molar-refractivity contribution in [3.8, 4) is 11.5 Å². The second-order valence-electron chi connectivity index (χ2n) is 14.1. The molecule has 0 heterocycles. The molecular weight excluding hydrogens is 618 g/mol. The molecule has 2 atom stereocenters. The molecule has 0 saturated heterocycles. The van der Waals surface area contributed by atoms with Crippen LogP contribution in [0.25, 0.3) is 0 Å². The molecule has 2 saturated carbocycles. The summed E-state index contributed by atoms with van der Waals surface area (Å²) in [5, 5.41) is 0. The summed E-state index contributed by atoms with van der Waals surface area (Å²) in [6.45, 7) is 10.1. The highest BCUT2D eigenvalue weighted by Gasteiger charge is 2.37. The normalized spacial score (nSPS) is 17.7. The molecule has 4 rings (SSSR count). The molecule has 262 valence electrons. The van der Waals surface area contributed by atoms with E-state index < -0.39 is 40.9 Å². The van der Waals surface area contributed by atoms with Crippen molar-refractivity contribution in [1.29, 1.82) is 0 Å². The largest absolute Gasteiger partial charge is 0.462 e. The van der Waals surface area contributed by atoms with Crippen molar-refractivity contribution in [2.24, 2.45) is 22.7 Å². The summed E-state index contributed by atoms with van der Waals surface area (Å²) < 4.78 is 21.8. The zero-order valence-electron chi connectivity index (χ0n) is 28.5. The molecule has 2 unspecified atom stereocenters. The lowest BCUT2D eigenvalue weighted by molar-refractivity contribution is -0.156. The molecule has 0 spiro atoms. The van der Waals surface area contributed by atoms with Crippen LogP contribution < -0.4 is 38.1 Å². The lowest BCUT2D eigenvalue weighted by atomic mass is 9.77. The van der Waals surface area contributed by atoms with Gasteiger partial charge in [-0.3, -0.25) is 0 Å². The Morgan fingerprint density at radius 3 is 1.44 bits per heavy atom. The lowest BCUT2D eigenvalue weighted by Gasteiger charge is -2.31. The van der Waals surface area contributed by atoms with Gasteiger partial charge >= 0.3 is 23.9 Å². The molecule has 0 radical (unpaired) electrons. The van der Waals surface area contributed by atoms with Gasteiger partial charge in [0.05, 0.1) is 41.7 Å². The first kappa shape index (κ1) is 36.2. The molecule has 0 amide bonds. The van der Waals surface area contributed by atoms with Crippen LogP contribution in [0, 0.1) is 29.6 Å². The topological polar surface area (TPSA) is 235 Å². The Morgan fingerprint density at radius 1 is 0.646 bits per heavy atom. The summed E-state index contributed by atoms with van der Waals surface area (Å²) in [5.74, 6) is -5.88. The summed E-state index contributed by atoms with van der Waals surface area (Å²) >= 11 is 0. The Hall–Kier alpha value is -4.68. The van der Waals surface area contributed by atoms with E-state index in [9.17, 15) is 19.2 Å². The summed E-state index contributed by atoms with van der Waals surface area (Å²) in [6, 6.07) is 2.57. The number of hydrogen-bond acceptors (Lipinski definition) is 13. The molecule has 10 N–H and O–H groups in total. The third kappa shape index (κ3) is 7.39. The Balaban J connectivity index is 1.53. The Bertz CT molecular complexity index is 1480. The molecule has 2 aromatic carbocycles. The minimum Gasteiger partial charge on any atom is -0.462 e. The van der Waals surface area contributed by atoms with Gasteiger partial charge in [-0.05, 0) is 73.0 Å². The van der Waals surface area contributed by atoms with E-state index in [4.69, 9.17) is 47.6 Å². The van der Waals surface area contributed by atoms with E-state index in [1.807, 2.05) is 13.8 Å². The van der Waals surface area contributed by atoms with Crippen LogP contribution in [-0.2, 0) is 19.1 Å². The fraction of sp³-hybridized carbons (Fsp3) is 0.543. The summed E-state index contributed by atoms with van der Waals surface area (Å²) in [6.07, 6.45) is 8.51. The van der Waals surface area contributed by atoms with Crippen LogP contribution in [0.1, 0.15) is 105 Å². The third-order valence-electron chi connectivity index (χ3n) is 10.7. The van der Waals surface area contributed by atoms with Crippen LogP contribution in [0.3, 0.4) is 0 Å². The number of rotatable bonds is 10. The van der Waals surface area contributed by atoms with Gasteiger partial charge < -0.3 is 47.6 Å². The van der Waals surface area contributed by atoms with Crippen molar-refractivity contribution in [3.05, 3.63) is 28.8 Å². The Kier molecular flexibility index (Phi) is 10.7. The van der Waals surface area contributed by atoms with Gasteiger partial charge in [-0.1, -0.05) is 53.4 Å². The predicted molar refractivity (Wildman–Crippen MR) is 183 cm³/mol. The molecule has 13 heteroatoms. The number of esters is 4. The molecule has 2 fully saturated rings. The number of anilines is 5. The average molecular weight is 668 g/mol. The number of benzene rings is 2. The Labute approximate surface area is 281 Å². The van der Waals surface area contributed by atoms with Gasteiger partial charge in [-0.25, -0.2) is 19.2 Å². The van der Waals surface area contributed by atoms with Crippen LogP contribution in [-0.4, -0.2) is 37.1 Å². The molecule has 0 bridgehead atoms. The molecule has 48 heavy (non-hydrogen) atoms. The molecule has 0 aromatic heterocycles. The maximum atomic E-state index is 13.3. The molecule has 2 aliphatic carbocycles. The molecule has 13 nitrogen and oxygen atoms in total. The lowest BCUT2D eigenvalue weighted by Crippen LogP contribution is -2.30. The highest BCUT2D eigenvalue weighted by molar-refractivity contribution is 6.31. The standard InChI is InChI=1S/C35H49N5O8/c1-18-14-22(37)28(24(26(18)39)30(41)45-16-19(2)34(4)10-6-7-11-34)47-32(43)33(44)48-29-23(38)15-21(36)27(40)25(29)31(42)46-17-20(3)35(5)12-8-9-13-35/h14-15,19-20H,6-13,16-17,36-40H2,1-5H3. The van der Waals surface area contributed by atoms with Crippen molar-refractivity contribution >= 4 is 52.3 Å². The maximum Gasteiger partial charge on any atom is 0.423 e. The minimum atomic E-state index is -1.59. The zero-order valence-corrected chi connectivity index (χ0v) is 28.5. The number of aryl methyl sites for hydroxylation is 1. The Morgan fingerprint density at radius 2 is 1.02 bits per heavy atom. The quantitative estimate of drug-likeness (QED) is 0.0953. The zero-order chi connectivity index (χ0) is 35.6. The van der Waals surface area contributed by atoms with Gasteiger partial charge in [0.2, 0.25) is 0 Å². The van der Waals surface area contributed by atoms with Crippen LogP contribution >= 0.6 is 0 Å². The van der Waals surface area contributed by atoms with E-state index in [2.05, 4.69) is 13.8 Å². The van der Waals surface area contributed by atoms with Gasteiger partial charge in [0.15, 0.2) is 11.5 Å².